The largest absolute Gasteiger partial charge is 0.392 e. The predicted molar refractivity (Wildman–Crippen MR) is 207 cm³/mol. The van der Waals surface area contributed by atoms with Gasteiger partial charge >= 0.3 is 0 Å². The first-order chi connectivity index (χ1) is 25.5. The molecule has 8 rings (SSSR count). The van der Waals surface area contributed by atoms with Crippen molar-refractivity contribution in [3.63, 3.8) is 0 Å². The lowest BCUT2D eigenvalue weighted by Gasteiger charge is -2.32. The topological polar surface area (TPSA) is 121 Å². The maximum atomic E-state index is 13.7. The van der Waals surface area contributed by atoms with Crippen molar-refractivity contribution in [2.45, 2.75) is 77.5 Å². The van der Waals surface area contributed by atoms with Gasteiger partial charge in [-0.2, -0.15) is 0 Å². The quantitative estimate of drug-likeness (QED) is 0.165. The Morgan fingerprint density at radius 1 is 0.849 bits per heavy atom. The SMILES string of the molecule is C[C@@H](O)CN1CCc2c(nc(C(=O)Nc3cccc(-c4cccc(NC(=O)c5nc6c(n5C)CCN(CCC57CCC(CC5)C7)C6)c4Cl)c3Cl)n2C)C1. The van der Waals surface area contributed by atoms with Gasteiger partial charge in [0.15, 0.2) is 11.6 Å². The average Bonchev–Trinajstić information content (AvgIpc) is 3.91. The minimum Gasteiger partial charge on any atom is -0.392 e. The average molecular weight is 760 g/mol. The molecular formula is C40H48Cl2N8O3. The van der Waals surface area contributed by atoms with E-state index in [-0.39, 0.29) is 17.6 Å². The van der Waals surface area contributed by atoms with Gasteiger partial charge in [-0.15, -0.1) is 0 Å². The molecule has 13 heteroatoms. The Morgan fingerprint density at radius 2 is 1.36 bits per heavy atom. The van der Waals surface area contributed by atoms with Crippen molar-refractivity contribution in [3.05, 3.63) is 80.9 Å². The van der Waals surface area contributed by atoms with Crippen molar-refractivity contribution >= 4 is 46.4 Å². The summed E-state index contributed by atoms with van der Waals surface area (Å²) in [5.74, 6) is 0.908. The van der Waals surface area contributed by atoms with Gasteiger partial charge in [0.1, 0.15) is 0 Å². The molecule has 0 saturated heterocycles. The number of nitrogens with zero attached hydrogens (tertiary/aromatic N) is 6. The highest BCUT2D eigenvalue weighted by atomic mass is 35.5. The maximum absolute atomic E-state index is 13.7. The van der Waals surface area contributed by atoms with Crippen molar-refractivity contribution < 1.29 is 14.7 Å². The van der Waals surface area contributed by atoms with E-state index >= 15 is 0 Å². The van der Waals surface area contributed by atoms with Crippen molar-refractivity contribution in [1.29, 1.82) is 0 Å². The molecule has 2 aliphatic carbocycles. The molecule has 2 fully saturated rings. The fraction of sp³-hybridized carbons (Fsp3) is 0.500. The molecule has 0 spiro atoms. The molecule has 280 valence electrons. The van der Waals surface area contributed by atoms with Gasteiger partial charge in [-0.3, -0.25) is 19.4 Å². The highest BCUT2D eigenvalue weighted by Gasteiger charge is 2.44. The molecule has 2 aromatic heterocycles. The molecule has 2 aliphatic heterocycles. The molecule has 0 radical (unpaired) electrons. The monoisotopic (exact) mass is 758 g/mol. The highest BCUT2D eigenvalue weighted by molar-refractivity contribution is 6.40. The number of aliphatic hydroxyl groups is 1. The maximum Gasteiger partial charge on any atom is 0.291 e. The fourth-order valence-electron chi connectivity index (χ4n) is 9.38. The Morgan fingerprint density at radius 3 is 1.85 bits per heavy atom. The zero-order chi connectivity index (χ0) is 37.0. The fourth-order valence-corrected chi connectivity index (χ4v) is 9.93. The summed E-state index contributed by atoms with van der Waals surface area (Å²) < 4.78 is 3.75. The van der Waals surface area contributed by atoms with E-state index in [0.29, 0.717) is 56.9 Å². The van der Waals surface area contributed by atoms with Crippen molar-refractivity contribution in [2.75, 3.05) is 36.8 Å². The summed E-state index contributed by atoms with van der Waals surface area (Å²) in [6.45, 7) is 6.52. The minimum atomic E-state index is -0.439. The number of nitrogens with one attached hydrogen (secondary N) is 2. The van der Waals surface area contributed by atoms with Crippen molar-refractivity contribution in [1.82, 2.24) is 28.9 Å². The molecule has 2 amide bonds. The number of aliphatic hydroxyl groups excluding tert-OH is 1. The number of carbonyl (C=O) groups is 2. The molecule has 1 atom stereocenters. The predicted octanol–water partition coefficient (Wildman–Crippen LogP) is 6.70. The Bertz CT molecular complexity index is 2060. The van der Waals surface area contributed by atoms with Crippen LogP contribution in [-0.4, -0.2) is 78.1 Å². The lowest BCUT2D eigenvalue weighted by atomic mass is 9.81. The number of fused-ring (bicyclic) bond motifs is 4. The number of rotatable bonds is 10. The normalized spacial score (nSPS) is 21.7. The summed E-state index contributed by atoms with van der Waals surface area (Å²) in [5.41, 5.74) is 6.58. The molecule has 53 heavy (non-hydrogen) atoms. The van der Waals surface area contributed by atoms with Crippen LogP contribution in [0.3, 0.4) is 0 Å². The number of hydrogen-bond acceptors (Lipinski definition) is 7. The Labute approximate surface area is 320 Å². The van der Waals surface area contributed by atoms with Gasteiger partial charge < -0.3 is 24.9 Å². The zero-order valence-corrected chi connectivity index (χ0v) is 32.2. The molecule has 4 heterocycles. The number of imidazole rings is 2. The van der Waals surface area contributed by atoms with Crippen molar-refractivity contribution in [3.8, 4) is 11.1 Å². The summed E-state index contributed by atoms with van der Waals surface area (Å²) >= 11 is 13.9. The number of amides is 2. The van der Waals surface area contributed by atoms with E-state index in [4.69, 9.17) is 28.2 Å². The summed E-state index contributed by atoms with van der Waals surface area (Å²) in [4.78, 5) is 41.4. The zero-order valence-electron chi connectivity index (χ0n) is 30.7. The van der Waals surface area contributed by atoms with Crippen LogP contribution in [0.15, 0.2) is 36.4 Å². The summed E-state index contributed by atoms with van der Waals surface area (Å²) in [6, 6.07) is 10.8. The standard InChI is InChI=1S/C40H48Cl2N8O3/c1-24(51)21-50-18-13-33-31(23-50)44-37(48(33)3)39(53)46-29-9-5-7-27(35(29)42)26-6-4-8-28(34(26)41)45-38(52)36-43-30-22-49(17-12-32(30)47(36)2)19-16-40-14-10-25(20-40)11-15-40/h4-9,24-25,51H,10-23H2,1-3H3,(H,45,52)(H,46,53)/t24-,25?,40?/m1/s1. The van der Waals surface area contributed by atoms with Gasteiger partial charge in [0.2, 0.25) is 0 Å². The molecule has 2 bridgehead atoms. The van der Waals surface area contributed by atoms with Gasteiger partial charge in [-0.1, -0.05) is 47.5 Å². The Hall–Kier alpha value is -3.74. The van der Waals surface area contributed by atoms with Crippen LogP contribution in [0.25, 0.3) is 11.1 Å². The number of β-amino-alcohol motifs (C(OH)–C–C–N with tert-alkyl or cyclic N) is 1. The van der Waals surface area contributed by atoms with Crippen LogP contribution in [-0.2, 0) is 40.0 Å². The lowest BCUT2D eigenvalue weighted by molar-refractivity contribution is 0.100. The second kappa shape index (κ2) is 14.5. The molecule has 0 unspecified atom stereocenters. The van der Waals surface area contributed by atoms with Crippen molar-refractivity contribution in [2.24, 2.45) is 25.4 Å². The van der Waals surface area contributed by atoms with Crippen LogP contribution < -0.4 is 10.6 Å². The molecule has 4 aliphatic rings. The molecule has 11 nitrogen and oxygen atoms in total. The van der Waals surface area contributed by atoms with Gasteiger partial charge in [-0.25, -0.2) is 9.97 Å². The third-order valence-electron chi connectivity index (χ3n) is 12.2. The Kier molecular flexibility index (Phi) is 9.91. The first-order valence-corrected chi connectivity index (χ1v) is 19.7. The first-order valence-electron chi connectivity index (χ1n) is 18.9. The van der Waals surface area contributed by atoms with Crippen LogP contribution in [0.4, 0.5) is 11.4 Å². The molecule has 3 N–H and O–H groups in total. The van der Waals surface area contributed by atoms with E-state index in [9.17, 15) is 14.7 Å². The van der Waals surface area contributed by atoms with Crippen LogP contribution >= 0.6 is 23.2 Å². The lowest BCUT2D eigenvalue weighted by Crippen LogP contribution is -2.36. The van der Waals surface area contributed by atoms with E-state index in [1.165, 1.54) is 38.5 Å². The third kappa shape index (κ3) is 7.02. The highest BCUT2D eigenvalue weighted by Crippen LogP contribution is 2.56. The molecule has 2 saturated carbocycles. The van der Waals surface area contributed by atoms with Crippen LogP contribution in [0.2, 0.25) is 10.0 Å². The van der Waals surface area contributed by atoms with E-state index in [0.717, 1.165) is 67.7 Å². The number of benzene rings is 2. The second-order valence-electron chi connectivity index (χ2n) is 15.8. The van der Waals surface area contributed by atoms with E-state index in [2.05, 4.69) is 25.4 Å². The van der Waals surface area contributed by atoms with Crippen LogP contribution in [0, 0.1) is 11.3 Å². The third-order valence-corrected chi connectivity index (χ3v) is 13.0. The molecule has 4 aromatic rings. The second-order valence-corrected chi connectivity index (χ2v) is 16.5. The van der Waals surface area contributed by atoms with Gasteiger partial charge in [-0.05, 0) is 75.5 Å². The van der Waals surface area contributed by atoms with Gasteiger partial charge in [0.05, 0.1) is 38.9 Å². The number of hydrogen-bond donors (Lipinski definition) is 3. The van der Waals surface area contributed by atoms with Gasteiger partial charge in [0, 0.05) is 82.2 Å². The van der Waals surface area contributed by atoms with Crippen LogP contribution in [0.1, 0.15) is 89.5 Å². The molecule has 2 aromatic carbocycles. The van der Waals surface area contributed by atoms with Gasteiger partial charge in [0.25, 0.3) is 11.8 Å². The summed E-state index contributed by atoms with van der Waals surface area (Å²) in [6.07, 6.45) is 9.46. The summed E-state index contributed by atoms with van der Waals surface area (Å²) in [7, 11) is 3.76. The molecular weight excluding hydrogens is 711 g/mol. The number of halogens is 2. The smallest absolute Gasteiger partial charge is 0.291 e. The van der Waals surface area contributed by atoms with Crippen LogP contribution in [0.5, 0.6) is 0 Å². The van der Waals surface area contributed by atoms with E-state index in [1.807, 2.05) is 41.4 Å². The minimum absolute atomic E-state index is 0.289. The Balaban J connectivity index is 0.953. The number of anilines is 2. The number of carbonyl (C=O) groups excluding carboxylic acids is 2. The van der Waals surface area contributed by atoms with E-state index < -0.39 is 6.10 Å². The van der Waals surface area contributed by atoms with E-state index in [1.54, 1.807) is 25.1 Å². The summed E-state index contributed by atoms with van der Waals surface area (Å²) in [5, 5.41) is 16.4. The number of aromatic nitrogens is 4. The first kappa shape index (κ1) is 36.2.